The fourth-order valence-electron chi connectivity index (χ4n) is 4.48. The van der Waals surface area contributed by atoms with E-state index in [2.05, 4.69) is 20.9 Å². The van der Waals surface area contributed by atoms with Crippen molar-refractivity contribution < 1.29 is 13.2 Å². The molecule has 2 heterocycles. The summed E-state index contributed by atoms with van der Waals surface area (Å²) in [7, 11) is 2.41. The summed E-state index contributed by atoms with van der Waals surface area (Å²) >= 11 is 0. The van der Waals surface area contributed by atoms with Gasteiger partial charge in [-0.1, -0.05) is 24.3 Å². The monoisotopic (exact) mass is 593 g/mol. The Morgan fingerprint density at radius 3 is 2.29 bits per heavy atom. The average Bonchev–Trinajstić information content (AvgIpc) is 3.27. The largest absolute Gasteiger partial charge is 0.497 e. The predicted octanol–water partition coefficient (Wildman–Crippen LogP) is 5.40. The number of aryl methyl sites for hydroxylation is 1. The molecule has 0 radical (unpaired) electrons. The molecule has 0 amide bonds. The number of imidazole rings is 1. The maximum absolute atomic E-state index is 11.6. The molecule has 12 heteroatoms. The lowest BCUT2D eigenvalue weighted by Crippen LogP contribution is -2.04. The van der Waals surface area contributed by atoms with Gasteiger partial charge in [0.05, 0.1) is 29.6 Å². The lowest BCUT2D eigenvalue weighted by Gasteiger charge is -2.11. The molecule has 3 N–H and O–H groups in total. The number of nitrogens with zero attached hydrogens (tertiary/aromatic N) is 4. The van der Waals surface area contributed by atoms with Gasteiger partial charge in [0.25, 0.3) is 0 Å². The van der Waals surface area contributed by atoms with Crippen molar-refractivity contribution in [1.82, 2.24) is 19.5 Å². The third-order valence-electron chi connectivity index (χ3n) is 6.48. The Balaban J connectivity index is 0.00000387. The van der Waals surface area contributed by atoms with Gasteiger partial charge in [0.15, 0.2) is 9.84 Å². The molecule has 2 aromatic heterocycles. The van der Waals surface area contributed by atoms with Gasteiger partial charge in [-0.3, -0.25) is 0 Å². The van der Waals surface area contributed by atoms with Crippen LogP contribution in [-0.4, -0.2) is 48.4 Å². The van der Waals surface area contributed by atoms with Crippen molar-refractivity contribution in [1.29, 1.82) is 0 Å². The molecule has 0 saturated heterocycles. The van der Waals surface area contributed by atoms with E-state index in [-0.39, 0.29) is 18.2 Å². The van der Waals surface area contributed by atoms with E-state index < -0.39 is 9.84 Å². The molecule has 0 unspecified atom stereocenters. The topological polar surface area (TPSA) is 123 Å². The summed E-state index contributed by atoms with van der Waals surface area (Å²) < 4.78 is 30.4. The zero-order valence-corrected chi connectivity index (χ0v) is 24.8. The second kappa shape index (κ2) is 12.4. The average molecular weight is 594 g/mol. The molecule has 5 aromatic rings. The summed E-state index contributed by atoms with van der Waals surface area (Å²) in [4.78, 5) is 14.1. The molecule has 0 fully saturated rings. The lowest BCUT2D eigenvalue weighted by atomic mass is 10.1. The maximum atomic E-state index is 11.6. The van der Waals surface area contributed by atoms with Crippen molar-refractivity contribution in [2.75, 3.05) is 36.4 Å². The summed E-state index contributed by atoms with van der Waals surface area (Å²) in [6.07, 6.45) is 2.92. The summed E-state index contributed by atoms with van der Waals surface area (Å²) in [5.74, 6) is 1.97. The van der Waals surface area contributed by atoms with Crippen LogP contribution in [0.15, 0.2) is 72.9 Å². The van der Waals surface area contributed by atoms with E-state index >= 15 is 0 Å². The fourth-order valence-corrected chi connectivity index (χ4v) is 5.28. The Hall–Kier alpha value is -4.35. The van der Waals surface area contributed by atoms with E-state index in [1.165, 1.54) is 6.26 Å². The van der Waals surface area contributed by atoms with Crippen LogP contribution in [0.1, 0.15) is 11.1 Å². The Kier molecular flexibility index (Phi) is 8.99. The molecule has 3 aromatic carbocycles. The highest BCUT2D eigenvalue weighted by Gasteiger charge is 2.18. The Bertz CT molecular complexity index is 1760. The molecule has 0 aliphatic carbocycles. The molecule has 0 bridgehead atoms. The number of rotatable bonds is 10. The summed E-state index contributed by atoms with van der Waals surface area (Å²) in [6, 6.07) is 21.0. The first-order chi connectivity index (χ1) is 19.2. The van der Waals surface area contributed by atoms with Gasteiger partial charge >= 0.3 is 0 Å². The molecule has 5 rings (SSSR count). The van der Waals surface area contributed by atoms with Gasteiger partial charge in [0, 0.05) is 44.5 Å². The Morgan fingerprint density at radius 2 is 1.63 bits per heavy atom. The van der Waals surface area contributed by atoms with Crippen molar-refractivity contribution in [3.05, 3.63) is 84.1 Å². The highest BCUT2D eigenvalue weighted by molar-refractivity contribution is 7.89. The van der Waals surface area contributed by atoms with E-state index in [1.807, 2.05) is 73.3 Å². The third kappa shape index (κ3) is 6.87. The first-order valence-electron chi connectivity index (χ1n) is 12.6. The van der Waals surface area contributed by atoms with Crippen molar-refractivity contribution in [3.8, 4) is 17.0 Å². The van der Waals surface area contributed by atoms with Gasteiger partial charge in [-0.25, -0.2) is 23.4 Å². The van der Waals surface area contributed by atoms with Crippen molar-refractivity contribution in [2.45, 2.75) is 12.3 Å². The second-order valence-corrected chi connectivity index (χ2v) is 11.6. The van der Waals surface area contributed by atoms with Gasteiger partial charge in [-0.05, 0) is 53.6 Å². The Labute approximate surface area is 245 Å². The highest BCUT2D eigenvalue weighted by atomic mass is 35.5. The number of benzene rings is 3. The molecule has 0 atom stereocenters. The lowest BCUT2D eigenvalue weighted by molar-refractivity contribution is 0.414. The standard InChI is InChI=1S/C29H31N7O3S.ClH/c1-30-23-13-14-25-27(35-29(36(25)2)32-17-19-7-11-22(39-3)12-8-19)26(23)24-15-16-31-28(34-24)33-21-9-5-20(6-10-21)18-40(4,37)38;/h5-16,30H,17-18H2,1-4H3,(H,32,35)(H,31,33,34);1H. The molecule has 0 spiro atoms. The minimum absolute atomic E-state index is 0. The highest BCUT2D eigenvalue weighted by Crippen LogP contribution is 2.35. The van der Waals surface area contributed by atoms with E-state index in [4.69, 9.17) is 14.7 Å². The quantitative estimate of drug-likeness (QED) is 0.195. The number of halogens is 1. The zero-order chi connectivity index (χ0) is 28.3. The number of anilines is 4. The third-order valence-corrected chi connectivity index (χ3v) is 7.34. The van der Waals surface area contributed by atoms with Crippen LogP contribution < -0.4 is 20.7 Å². The molecular weight excluding hydrogens is 562 g/mol. The van der Waals surface area contributed by atoms with Gasteiger partial charge in [-0.15, -0.1) is 12.4 Å². The van der Waals surface area contributed by atoms with E-state index in [0.29, 0.717) is 18.2 Å². The number of aromatic nitrogens is 4. The fraction of sp³-hybridized carbons (Fsp3) is 0.207. The maximum Gasteiger partial charge on any atom is 0.227 e. The van der Waals surface area contributed by atoms with Crippen LogP contribution in [0, 0.1) is 0 Å². The van der Waals surface area contributed by atoms with Crippen LogP contribution in [0.25, 0.3) is 22.3 Å². The van der Waals surface area contributed by atoms with Crippen LogP contribution in [0.4, 0.5) is 23.3 Å². The SMILES string of the molecule is CNc1ccc2c(nc(NCc3ccc(OC)cc3)n2C)c1-c1ccnc(Nc2ccc(CS(C)(=O)=O)cc2)n1.Cl. The van der Waals surface area contributed by atoms with Crippen LogP contribution >= 0.6 is 12.4 Å². The number of sulfone groups is 1. The Morgan fingerprint density at radius 1 is 0.927 bits per heavy atom. The minimum Gasteiger partial charge on any atom is -0.497 e. The van der Waals surface area contributed by atoms with Crippen LogP contribution in [0.5, 0.6) is 5.75 Å². The molecule has 10 nitrogen and oxygen atoms in total. The molecule has 0 aliphatic heterocycles. The first-order valence-corrected chi connectivity index (χ1v) is 14.7. The van der Waals surface area contributed by atoms with Crippen LogP contribution in [0.3, 0.4) is 0 Å². The van der Waals surface area contributed by atoms with Gasteiger partial charge < -0.3 is 25.3 Å². The molecular formula is C29H32ClN7O3S. The van der Waals surface area contributed by atoms with Crippen molar-refractivity contribution >= 4 is 56.5 Å². The van der Waals surface area contributed by atoms with Crippen LogP contribution in [0.2, 0.25) is 0 Å². The van der Waals surface area contributed by atoms with E-state index in [0.717, 1.165) is 50.8 Å². The second-order valence-electron chi connectivity index (χ2n) is 9.46. The first kappa shape index (κ1) is 29.6. The normalized spacial score (nSPS) is 11.1. The smallest absolute Gasteiger partial charge is 0.227 e. The van der Waals surface area contributed by atoms with E-state index in [9.17, 15) is 8.42 Å². The van der Waals surface area contributed by atoms with E-state index in [1.54, 1.807) is 25.4 Å². The summed E-state index contributed by atoms with van der Waals surface area (Å²) in [6.45, 7) is 0.611. The summed E-state index contributed by atoms with van der Waals surface area (Å²) in [5.41, 5.74) is 6.82. The zero-order valence-electron chi connectivity index (χ0n) is 23.2. The molecule has 0 saturated carbocycles. The van der Waals surface area contributed by atoms with Crippen molar-refractivity contribution in [3.63, 3.8) is 0 Å². The number of hydrogen-bond donors (Lipinski definition) is 3. The number of methoxy groups -OCH3 is 1. The molecule has 41 heavy (non-hydrogen) atoms. The number of ether oxygens (including phenoxy) is 1. The number of fused-ring (bicyclic) bond motifs is 1. The minimum atomic E-state index is -3.10. The number of nitrogens with one attached hydrogen (secondary N) is 3. The van der Waals surface area contributed by atoms with Crippen molar-refractivity contribution in [2.24, 2.45) is 7.05 Å². The van der Waals surface area contributed by atoms with Crippen LogP contribution in [-0.2, 0) is 29.2 Å². The summed E-state index contributed by atoms with van der Waals surface area (Å²) in [5, 5.41) is 9.92. The van der Waals surface area contributed by atoms with Gasteiger partial charge in [0.1, 0.15) is 11.3 Å². The predicted molar refractivity (Wildman–Crippen MR) is 167 cm³/mol. The van der Waals surface area contributed by atoms with Gasteiger partial charge in [-0.2, -0.15) is 0 Å². The van der Waals surface area contributed by atoms with Gasteiger partial charge in [0.2, 0.25) is 11.9 Å². The molecule has 214 valence electrons. The number of hydrogen-bond acceptors (Lipinski definition) is 9. The molecule has 0 aliphatic rings.